The lowest BCUT2D eigenvalue weighted by atomic mass is 9.80. The van der Waals surface area contributed by atoms with E-state index in [1.165, 1.54) is 0 Å². The van der Waals surface area contributed by atoms with Crippen LogP contribution in [0.4, 0.5) is 0 Å². The van der Waals surface area contributed by atoms with Crippen molar-refractivity contribution in [2.75, 3.05) is 46.8 Å². The number of oxime groups is 1. The monoisotopic (exact) mass is 485 g/mol. The summed E-state index contributed by atoms with van der Waals surface area (Å²) in [5.41, 5.74) is 2.17. The largest absolute Gasteiger partial charge is 0.392 e. The van der Waals surface area contributed by atoms with Gasteiger partial charge in [0.05, 0.1) is 39.6 Å². The van der Waals surface area contributed by atoms with E-state index in [1.807, 2.05) is 36.4 Å². The zero-order valence-electron chi connectivity index (χ0n) is 21.0. The van der Waals surface area contributed by atoms with Crippen molar-refractivity contribution in [2.24, 2.45) is 5.16 Å². The molecule has 0 saturated heterocycles. The van der Waals surface area contributed by atoms with Crippen molar-refractivity contribution in [1.29, 1.82) is 0 Å². The van der Waals surface area contributed by atoms with Crippen LogP contribution in [-0.4, -0.2) is 66.6 Å². The Morgan fingerprint density at radius 2 is 1.35 bits per heavy atom. The average Bonchev–Trinajstić information content (AvgIpc) is 3.29. The number of ether oxygens (including phenoxy) is 4. The number of methoxy groups -OCH3 is 1. The summed E-state index contributed by atoms with van der Waals surface area (Å²) in [6.45, 7) is 10.2. The lowest BCUT2D eigenvalue weighted by Gasteiger charge is -2.35. The molecule has 2 aromatic rings. The fourth-order valence-electron chi connectivity index (χ4n) is 4.24. The molecule has 0 radical (unpaired) electrons. The molecule has 0 aliphatic carbocycles. The third-order valence-electron chi connectivity index (χ3n) is 5.69. The molecule has 1 unspecified atom stereocenters. The molecule has 0 fully saturated rings. The molecule has 2 aromatic carbocycles. The molecule has 0 spiro atoms. The van der Waals surface area contributed by atoms with Gasteiger partial charge in [-0.2, -0.15) is 0 Å². The van der Waals surface area contributed by atoms with E-state index in [-0.39, 0.29) is 6.10 Å². The van der Waals surface area contributed by atoms with E-state index in [9.17, 15) is 0 Å². The number of hydrogen-bond acceptors (Lipinski definition) is 6. The predicted octanol–water partition coefficient (Wildman–Crippen LogP) is 5.11. The highest BCUT2D eigenvalue weighted by molar-refractivity contribution is 6.76. The van der Waals surface area contributed by atoms with Gasteiger partial charge in [-0.05, 0) is 17.2 Å². The van der Waals surface area contributed by atoms with Gasteiger partial charge in [0.2, 0.25) is 0 Å². The Balaban J connectivity index is 1.77. The summed E-state index contributed by atoms with van der Waals surface area (Å²) in [4.78, 5) is 5.97. The zero-order chi connectivity index (χ0) is 24.3. The van der Waals surface area contributed by atoms with Gasteiger partial charge in [0.25, 0.3) is 0 Å². The maximum absolute atomic E-state index is 6.72. The number of nitrogens with zero attached hydrogens (tertiary/aromatic N) is 1. The van der Waals surface area contributed by atoms with Crippen LogP contribution in [0, 0.1) is 0 Å². The molecule has 1 atom stereocenters. The Labute approximate surface area is 205 Å². The molecule has 0 aromatic heterocycles. The van der Waals surface area contributed by atoms with Crippen LogP contribution in [-0.2, 0) is 29.4 Å². The molecule has 0 bridgehead atoms. The van der Waals surface area contributed by atoms with Gasteiger partial charge >= 0.3 is 0 Å². The third-order valence-corrected chi connectivity index (χ3v) is 7.37. The summed E-state index contributed by atoms with van der Waals surface area (Å²) in [6, 6.07) is 21.7. The van der Waals surface area contributed by atoms with Crippen LogP contribution in [0.3, 0.4) is 0 Å². The van der Waals surface area contributed by atoms with Crippen molar-refractivity contribution in [2.45, 2.75) is 43.8 Å². The Morgan fingerprint density at radius 3 is 1.88 bits per heavy atom. The first-order chi connectivity index (χ1) is 16.5. The van der Waals surface area contributed by atoms with E-state index in [2.05, 4.69) is 49.1 Å². The third kappa shape index (κ3) is 7.48. The highest BCUT2D eigenvalue weighted by Gasteiger charge is 2.45. The van der Waals surface area contributed by atoms with Gasteiger partial charge in [-0.3, -0.25) is 0 Å². The van der Waals surface area contributed by atoms with Gasteiger partial charge in [0, 0.05) is 21.6 Å². The number of hydrogen-bond donors (Lipinski definition) is 0. The molecule has 1 heterocycles. The molecular weight excluding hydrogens is 446 g/mol. The fraction of sp³-hybridized carbons (Fsp3) is 0.519. The molecule has 6 nitrogen and oxygen atoms in total. The molecule has 3 rings (SSSR count). The summed E-state index contributed by atoms with van der Waals surface area (Å²) in [5.74, 6) is 0. The van der Waals surface area contributed by atoms with Crippen LogP contribution in [0.5, 0.6) is 0 Å². The molecule has 0 amide bonds. The second-order valence-electron chi connectivity index (χ2n) is 9.71. The maximum Gasteiger partial charge on any atom is 0.160 e. The van der Waals surface area contributed by atoms with Crippen molar-refractivity contribution in [3.05, 3.63) is 71.8 Å². The van der Waals surface area contributed by atoms with Crippen molar-refractivity contribution >= 4 is 13.8 Å². The normalized spacial score (nSPS) is 16.4. The van der Waals surface area contributed by atoms with Gasteiger partial charge < -0.3 is 23.8 Å². The minimum atomic E-state index is -1.30. The smallest absolute Gasteiger partial charge is 0.160 e. The first-order valence-corrected chi connectivity index (χ1v) is 15.8. The highest BCUT2D eigenvalue weighted by Crippen LogP contribution is 2.40. The van der Waals surface area contributed by atoms with Crippen LogP contribution in [0.1, 0.15) is 17.5 Å². The molecule has 0 N–H and O–H groups in total. The molecule has 1 aliphatic rings. The SMILES string of the molecule is COCCOCCOCCOC(C1=NOC(C[Si](C)(C)C)C1)(c1ccccc1)c1ccccc1. The van der Waals surface area contributed by atoms with Crippen LogP contribution in [0.2, 0.25) is 25.7 Å². The van der Waals surface area contributed by atoms with Gasteiger partial charge in [0.1, 0.15) is 11.8 Å². The van der Waals surface area contributed by atoms with E-state index < -0.39 is 13.7 Å². The highest BCUT2D eigenvalue weighted by atomic mass is 28.3. The van der Waals surface area contributed by atoms with Crippen LogP contribution >= 0.6 is 0 Å². The minimum Gasteiger partial charge on any atom is -0.392 e. The van der Waals surface area contributed by atoms with Crippen molar-refractivity contribution in [1.82, 2.24) is 0 Å². The molecule has 186 valence electrons. The van der Waals surface area contributed by atoms with E-state index in [0.29, 0.717) is 39.6 Å². The lowest BCUT2D eigenvalue weighted by molar-refractivity contribution is -0.0258. The second-order valence-corrected chi connectivity index (χ2v) is 15.2. The maximum atomic E-state index is 6.72. The standard InChI is InChI=1S/C27H39NO5Si/c1-29-15-16-30-17-18-31-19-20-32-27(23-11-7-5-8-12-23,24-13-9-6-10-14-24)26-21-25(33-28-26)22-34(2,3)4/h5-14,25H,15-22H2,1-4H3. The van der Waals surface area contributed by atoms with Crippen molar-refractivity contribution in [3.8, 4) is 0 Å². The summed E-state index contributed by atoms with van der Waals surface area (Å²) in [5, 5.41) is 4.62. The predicted molar refractivity (Wildman–Crippen MR) is 138 cm³/mol. The number of rotatable bonds is 15. The van der Waals surface area contributed by atoms with Crippen LogP contribution < -0.4 is 0 Å². The van der Waals surface area contributed by atoms with Crippen molar-refractivity contribution < 1.29 is 23.8 Å². The topological polar surface area (TPSA) is 58.5 Å². The van der Waals surface area contributed by atoms with Gasteiger partial charge in [-0.25, -0.2) is 0 Å². The van der Waals surface area contributed by atoms with E-state index >= 15 is 0 Å². The average molecular weight is 486 g/mol. The second kappa shape index (κ2) is 13.2. The van der Waals surface area contributed by atoms with Gasteiger partial charge in [-0.1, -0.05) is 85.5 Å². The molecule has 1 aliphatic heterocycles. The summed E-state index contributed by atoms with van der Waals surface area (Å²) in [7, 11) is 0.362. The Bertz CT molecular complexity index is 830. The van der Waals surface area contributed by atoms with Crippen LogP contribution in [0.15, 0.2) is 65.8 Å². The summed E-state index contributed by atoms with van der Waals surface area (Å²) < 4.78 is 23.0. The van der Waals surface area contributed by atoms with Gasteiger partial charge in [0.15, 0.2) is 5.60 Å². The van der Waals surface area contributed by atoms with Crippen LogP contribution in [0.25, 0.3) is 0 Å². The Hall–Kier alpha value is -2.03. The van der Waals surface area contributed by atoms with E-state index in [4.69, 9.17) is 23.8 Å². The minimum absolute atomic E-state index is 0.0950. The number of benzene rings is 2. The van der Waals surface area contributed by atoms with Gasteiger partial charge in [-0.15, -0.1) is 0 Å². The Morgan fingerprint density at radius 1 is 0.824 bits per heavy atom. The fourth-order valence-corrected chi connectivity index (χ4v) is 5.83. The van der Waals surface area contributed by atoms with E-state index in [1.54, 1.807) is 7.11 Å². The first kappa shape index (κ1) is 26.6. The molecule has 34 heavy (non-hydrogen) atoms. The Kier molecular flexibility index (Phi) is 10.3. The molecule has 7 heteroatoms. The molecular formula is C27H39NO5Si. The van der Waals surface area contributed by atoms with Crippen molar-refractivity contribution in [3.63, 3.8) is 0 Å². The summed E-state index contributed by atoms with van der Waals surface area (Å²) in [6.07, 6.45) is 0.847. The lowest BCUT2D eigenvalue weighted by Crippen LogP contribution is -2.41. The quantitative estimate of drug-likeness (QED) is 0.259. The first-order valence-electron chi connectivity index (χ1n) is 12.1. The molecule has 0 saturated carbocycles. The van der Waals surface area contributed by atoms with E-state index in [0.717, 1.165) is 29.3 Å². The summed E-state index contributed by atoms with van der Waals surface area (Å²) >= 11 is 0. The zero-order valence-corrected chi connectivity index (χ0v) is 22.0.